The van der Waals surface area contributed by atoms with E-state index >= 15 is 0 Å². The van der Waals surface area contributed by atoms with E-state index in [1.807, 2.05) is 6.92 Å². The molecule has 1 fully saturated rings. The fraction of sp³-hybridized carbons (Fsp3) is 0.682. The summed E-state index contributed by atoms with van der Waals surface area (Å²) in [6, 6.07) is 0. The zero-order valence-corrected chi connectivity index (χ0v) is 17.7. The third-order valence-corrected chi connectivity index (χ3v) is 4.52. The van der Waals surface area contributed by atoms with Crippen molar-refractivity contribution in [2.24, 2.45) is 0 Å². The summed E-state index contributed by atoms with van der Waals surface area (Å²) in [5, 5.41) is 9.60. The Morgan fingerprint density at radius 1 is 1.19 bits per heavy atom. The molecule has 0 radical (unpaired) electrons. The molecule has 0 aliphatic carbocycles. The summed E-state index contributed by atoms with van der Waals surface area (Å²) < 4.78 is 10.6. The third-order valence-electron chi connectivity index (χ3n) is 4.52. The molecule has 150 valence electrons. The quantitative estimate of drug-likeness (QED) is 0.349. The van der Waals surface area contributed by atoms with Gasteiger partial charge in [0.15, 0.2) is 0 Å². The maximum absolute atomic E-state index is 10.8. The molecule has 0 aromatic rings. The van der Waals surface area contributed by atoms with Crippen molar-refractivity contribution in [1.82, 2.24) is 0 Å². The van der Waals surface area contributed by atoms with Gasteiger partial charge in [-0.3, -0.25) is 4.79 Å². The number of epoxide rings is 1. The van der Waals surface area contributed by atoms with Crippen LogP contribution >= 0.6 is 0 Å². The van der Waals surface area contributed by atoms with Crippen LogP contribution in [0.3, 0.4) is 0 Å². The molecule has 1 saturated heterocycles. The fourth-order valence-corrected chi connectivity index (χ4v) is 2.44. The van der Waals surface area contributed by atoms with E-state index in [1.54, 1.807) is 19.1 Å². The molecule has 0 spiro atoms. The molecule has 0 aromatic heterocycles. The van der Waals surface area contributed by atoms with Gasteiger partial charge in [0.25, 0.3) is 0 Å². The number of carbonyl (C=O) groups excluding carboxylic acids is 1. The Kier molecular flexibility index (Phi) is 9.54. The van der Waals surface area contributed by atoms with Crippen LogP contribution in [0, 0.1) is 0 Å². The molecule has 3 unspecified atom stereocenters. The van der Waals surface area contributed by atoms with Crippen LogP contribution in [0.1, 0.15) is 74.1 Å². The number of aliphatic hydroxyl groups is 1. The molecule has 0 saturated carbocycles. The van der Waals surface area contributed by atoms with Crippen LogP contribution < -0.4 is 0 Å². The highest BCUT2D eigenvalue weighted by Gasteiger charge is 2.47. The highest BCUT2D eigenvalue weighted by atomic mass is 16.6. The number of ether oxygens (including phenoxy) is 2. The number of esters is 1. The molecule has 0 amide bonds. The van der Waals surface area contributed by atoms with Crippen LogP contribution in [-0.4, -0.2) is 34.0 Å². The predicted molar refractivity (Wildman–Crippen MR) is 108 cm³/mol. The van der Waals surface area contributed by atoms with Gasteiger partial charge in [-0.15, -0.1) is 6.58 Å². The Bertz CT molecular complexity index is 512. The SMILES string of the molecule is C=CC(C)(CCC=C(C)C)OC(C)=O.C=CC(C)(O)CCC1OC1(C)C. The normalized spacial score (nSPS) is 21.8. The van der Waals surface area contributed by atoms with Crippen LogP contribution in [0.2, 0.25) is 0 Å². The average Bonchev–Trinajstić information content (AvgIpc) is 3.12. The summed E-state index contributed by atoms with van der Waals surface area (Å²) in [6.45, 7) is 20.6. The summed E-state index contributed by atoms with van der Waals surface area (Å²) in [7, 11) is 0. The van der Waals surface area contributed by atoms with Crippen LogP contribution in [-0.2, 0) is 14.3 Å². The first kappa shape index (κ1) is 24.6. The number of hydrogen-bond acceptors (Lipinski definition) is 4. The largest absolute Gasteiger partial charge is 0.455 e. The zero-order valence-electron chi connectivity index (χ0n) is 17.7. The molecule has 1 rings (SSSR count). The Hall–Kier alpha value is -1.39. The first-order chi connectivity index (χ1) is 11.8. The van der Waals surface area contributed by atoms with E-state index in [9.17, 15) is 9.90 Å². The van der Waals surface area contributed by atoms with Gasteiger partial charge < -0.3 is 14.6 Å². The minimum Gasteiger partial charge on any atom is -0.455 e. The molecule has 26 heavy (non-hydrogen) atoms. The van der Waals surface area contributed by atoms with Crippen molar-refractivity contribution in [3.05, 3.63) is 37.0 Å². The lowest BCUT2D eigenvalue weighted by Crippen LogP contribution is -2.27. The first-order valence-corrected chi connectivity index (χ1v) is 9.27. The highest BCUT2D eigenvalue weighted by Crippen LogP contribution is 2.39. The number of rotatable bonds is 9. The predicted octanol–water partition coefficient (Wildman–Crippen LogP) is 5.12. The van der Waals surface area contributed by atoms with Gasteiger partial charge in [-0.25, -0.2) is 0 Å². The zero-order chi connectivity index (χ0) is 20.6. The monoisotopic (exact) mass is 366 g/mol. The van der Waals surface area contributed by atoms with Crippen LogP contribution in [0.15, 0.2) is 37.0 Å². The van der Waals surface area contributed by atoms with Crippen LogP contribution in [0.25, 0.3) is 0 Å². The molecular weight excluding hydrogens is 328 g/mol. The van der Waals surface area contributed by atoms with E-state index < -0.39 is 11.2 Å². The topological polar surface area (TPSA) is 59.1 Å². The summed E-state index contributed by atoms with van der Waals surface area (Å²) in [6.07, 6.45) is 9.04. The molecule has 4 nitrogen and oxygen atoms in total. The molecule has 3 atom stereocenters. The summed E-state index contributed by atoms with van der Waals surface area (Å²) in [5.74, 6) is -0.260. The van der Waals surface area contributed by atoms with Gasteiger partial charge >= 0.3 is 5.97 Å². The van der Waals surface area contributed by atoms with E-state index in [0.717, 1.165) is 25.7 Å². The van der Waals surface area contributed by atoms with Crippen LogP contribution in [0.4, 0.5) is 0 Å². The molecule has 1 aliphatic heterocycles. The second-order valence-electron chi connectivity index (χ2n) is 8.24. The van der Waals surface area contributed by atoms with Gasteiger partial charge in [0.1, 0.15) is 5.60 Å². The van der Waals surface area contributed by atoms with Crippen molar-refractivity contribution in [3.63, 3.8) is 0 Å². The smallest absolute Gasteiger partial charge is 0.303 e. The fourth-order valence-electron chi connectivity index (χ4n) is 2.44. The number of carbonyl (C=O) groups is 1. The van der Waals surface area contributed by atoms with E-state index in [2.05, 4.69) is 46.9 Å². The first-order valence-electron chi connectivity index (χ1n) is 9.27. The van der Waals surface area contributed by atoms with Gasteiger partial charge in [0, 0.05) is 6.92 Å². The Morgan fingerprint density at radius 3 is 2.08 bits per heavy atom. The van der Waals surface area contributed by atoms with Crippen molar-refractivity contribution in [1.29, 1.82) is 0 Å². The lowest BCUT2D eigenvalue weighted by atomic mass is 9.96. The minimum absolute atomic E-state index is 0.0389. The standard InChI is InChI=1S/C12H20O2.C10H18O2/c1-6-12(5,14-11(4)13)9-7-8-10(2)3;1-5-10(4,11)7-6-8-9(2,3)12-8/h6,8H,1,7,9H2,2-5H3;5,8,11H,1,6-7H2,2-4H3. The third kappa shape index (κ3) is 10.6. The number of allylic oxidation sites excluding steroid dienone is 2. The van der Waals surface area contributed by atoms with Crippen molar-refractivity contribution in [2.75, 3.05) is 0 Å². The molecule has 0 aromatic carbocycles. The van der Waals surface area contributed by atoms with Gasteiger partial charge in [-0.05, 0) is 73.3 Å². The van der Waals surface area contributed by atoms with Gasteiger partial charge in [0.2, 0.25) is 0 Å². The average molecular weight is 367 g/mol. The van der Waals surface area contributed by atoms with Crippen molar-refractivity contribution in [2.45, 2.75) is 97.1 Å². The Morgan fingerprint density at radius 2 is 1.73 bits per heavy atom. The molecule has 0 bridgehead atoms. The van der Waals surface area contributed by atoms with Crippen molar-refractivity contribution in [3.8, 4) is 0 Å². The second kappa shape index (κ2) is 10.1. The Balaban J connectivity index is 0.000000485. The molecule has 4 heteroatoms. The van der Waals surface area contributed by atoms with Gasteiger partial charge in [-0.2, -0.15) is 0 Å². The molecular formula is C22H38O4. The minimum atomic E-state index is -0.734. The Labute approximate surface area is 160 Å². The summed E-state index contributed by atoms with van der Waals surface area (Å²) >= 11 is 0. The van der Waals surface area contributed by atoms with E-state index in [-0.39, 0.29) is 11.6 Å². The summed E-state index contributed by atoms with van der Waals surface area (Å²) in [5.41, 5.74) is 0.0519. The van der Waals surface area contributed by atoms with Crippen molar-refractivity contribution >= 4 is 5.97 Å². The van der Waals surface area contributed by atoms with E-state index in [4.69, 9.17) is 9.47 Å². The van der Waals surface area contributed by atoms with Crippen molar-refractivity contribution < 1.29 is 19.4 Å². The van der Waals surface area contributed by atoms with E-state index in [0.29, 0.717) is 6.10 Å². The molecule has 1 N–H and O–H groups in total. The van der Waals surface area contributed by atoms with Gasteiger partial charge in [-0.1, -0.05) is 24.3 Å². The molecule has 1 heterocycles. The molecule has 1 aliphatic rings. The maximum Gasteiger partial charge on any atom is 0.303 e. The van der Waals surface area contributed by atoms with E-state index in [1.165, 1.54) is 12.5 Å². The van der Waals surface area contributed by atoms with Crippen LogP contribution in [0.5, 0.6) is 0 Å². The summed E-state index contributed by atoms with van der Waals surface area (Å²) in [4.78, 5) is 10.8. The lowest BCUT2D eigenvalue weighted by molar-refractivity contribution is -0.151. The maximum atomic E-state index is 10.8. The second-order valence-corrected chi connectivity index (χ2v) is 8.24. The highest BCUT2D eigenvalue weighted by molar-refractivity contribution is 5.66. The number of hydrogen-bond donors (Lipinski definition) is 1. The lowest BCUT2D eigenvalue weighted by Gasteiger charge is -2.24. The van der Waals surface area contributed by atoms with Gasteiger partial charge in [0.05, 0.1) is 17.3 Å².